The lowest BCUT2D eigenvalue weighted by atomic mass is 10.2. The Bertz CT molecular complexity index is 328. The van der Waals surface area contributed by atoms with Gasteiger partial charge in [-0.25, -0.2) is 4.79 Å². The minimum absolute atomic E-state index is 0.188. The van der Waals surface area contributed by atoms with Crippen LogP contribution >= 0.6 is 23.2 Å². The Hall–Kier alpha value is -0.990. The average Bonchev–Trinajstić information content (AvgIpc) is 2.11. The SMILES string of the molecule is O=[C]OCC=Cc1cc(Cl)cc(Cl)c1. The van der Waals surface area contributed by atoms with Gasteiger partial charge in [0.2, 0.25) is 0 Å². The third-order valence-corrected chi connectivity index (χ3v) is 1.87. The third kappa shape index (κ3) is 3.81. The topological polar surface area (TPSA) is 26.3 Å². The highest BCUT2D eigenvalue weighted by atomic mass is 35.5. The predicted molar refractivity (Wildman–Crippen MR) is 57.1 cm³/mol. The van der Waals surface area contributed by atoms with Gasteiger partial charge in [-0.15, -0.1) is 0 Å². The van der Waals surface area contributed by atoms with E-state index in [1.807, 2.05) is 0 Å². The third-order valence-electron chi connectivity index (χ3n) is 1.43. The lowest BCUT2D eigenvalue weighted by molar-refractivity contribution is 0.314. The van der Waals surface area contributed by atoms with Gasteiger partial charge in [0.15, 0.2) is 0 Å². The van der Waals surface area contributed by atoms with Crippen molar-refractivity contribution in [2.24, 2.45) is 0 Å². The van der Waals surface area contributed by atoms with Crippen LogP contribution in [0.1, 0.15) is 5.56 Å². The first kappa shape index (κ1) is 11.1. The van der Waals surface area contributed by atoms with Crippen molar-refractivity contribution in [1.29, 1.82) is 0 Å². The van der Waals surface area contributed by atoms with Gasteiger partial charge in [0.25, 0.3) is 0 Å². The molecule has 0 heterocycles. The number of hydrogen-bond donors (Lipinski definition) is 0. The second-order valence-corrected chi connectivity index (χ2v) is 3.37. The van der Waals surface area contributed by atoms with Crippen LogP contribution in [0.2, 0.25) is 10.0 Å². The summed E-state index contributed by atoms with van der Waals surface area (Å²) in [5.41, 5.74) is 0.858. The molecule has 0 fully saturated rings. The van der Waals surface area contributed by atoms with E-state index in [0.717, 1.165) is 5.56 Å². The molecule has 0 aliphatic heterocycles. The Kier molecular flexibility index (Phi) is 4.50. The lowest BCUT2D eigenvalue weighted by Gasteiger charge is -1.96. The largest absolute Gasteiger partial charge is 0.453 e. The van der Waals surface area contributed by atoms with Crippen LogP contribution < -0.4 is 0 Å². The molecule has 0 atom stereocenters. The van der Waals surface area contributed by atoms with Crippen molar-refractivity contribution in [2.75, 3.05) is 6.61 Å². The van der Waals surface area contributed by atoms with E-state index in [2.05, 4.69) is 4.74 Å². The number of halogens is 2. The lowest BCUT2D eigenvalue weighted by Crippen LogP contribution is -1.85. The van der Waals surface area contributed by atoms with Gasteiger partial charge in [0.05, 0.1) is 0 Å². The first-order chi connectivity index (χ1) is 6.72. The molecule has 0 N–H and O–H groups in total. The fourth-order valence-electron chi connectivity index (χ4n) is 0.938. The zero-order chi connectivity index (χ0) is 10.4. The van der Waals surface area contributed by atoms with Crippen LogP contribution in [-0.2, 0) is 9.53 Å². The van der Waals surface area contributed by atoms with Crippen molar-refractivity contribution in [3.05, 3.63) is 39.9 Å². The summed E-state index contributed by atoms with van der Waals surface area (Å²) in [6.45, 7) is 1.51. The van der Waals surface area contributed by atoms with Crippen LogP contribution in [0.3, 0.4) is 0 Å². The zero-order valence-corrected chi connectivity index (χ0v) is 8.68. The molecule has 1 aromatic rings. The standard InChI is InChI=1S/C10H7Cl2O2/c11-9-4-8(5-10(12)6-9)2-1-3-14-7-13/h1-2,4-6H,3H2. The van der Waals surface area contributed by atoms with E-state index in [-0.39, 0.29) is 6.61 Å². The van der Waals surface area contributed by atoms with E-state index in [1.54, 1.807) is 30.4 Å². The van der Waals surface area contributed by atoms with E-state index in [9.17, 15) is 4.79 Å². The van der Waals surface area contributed by atoms with Gasteiger partial charge < -0.3 is 4.74 Å². The maximum Gasteiger partial charge on any atom is 0.417 e. The maximum atomic E-state index is 9.70. The van der Waals surface area contributed by atoms with Gasteiger partial charge in [0.1, 0.15) is 6.61 Å². The molecule has 0 amide bonds. The van der Waals surface area contributed by atoms with E-state index in [1.165, 1.54) is 6.47 Å². The monoisotopic (exact) mass is 229 g/mol. The molecule has 0 saturated carbocycles. The summed E-state index contributed by atoms with van der Waals surface area (Å²) >= 11 is 11.6. The number of rotatable bonds is 4. The van der Waals surface area contributed by atoms with Crippen LogP contribution in [0.15, 0.2) is 24.3 Å². The molecular formula is C10H7Cl2O2. The minimum atomic E-state index is 0.188. The van der Waals surface area contributed by atoms with Crippen molar-refractivity contribution >= 4 is 35.8 Å². The fraction of sp³-hybridized carbons (Fsp3) is 0.100. The molecule has 0 saturated heterocycles. The summed E-state index contributed by atoms with van der Waals surface area (Å²) in [5.74, 6) is 0. The quantitative estimate of drug-likeness (QED) is 0.743. The van der Waals surface area contributed by atoms with E-state index in [0.29, 0.717) is 10.0 Å². The first-order valence-corrected chi connectivity index (χ1v) is 4.59. The Labute approximate surface area is 92.1 Å². The van der Waals surface area contributed by atoms with Gasteiger partial charge in [-0.3, -0.25) is 0 Å². The highest BCUT2D eigenvalue weighted by Gasteiger charge is 1.94. The molecule has 0 spiro atoms. The van der Waals surface area contributed by atoms with Crippen LogP contribution in [0.4, 0.5) is 0 Å². The van der Waals surface area contributed by atoms with E-state index in [4.69, 9.17) is 23.2 Å². The predicted octanol–water partition coefficient (Wildman–Crippen LogP) is 3.09. The van der Waals surface area contributed by atoms with Crippen molar-refractivity contribution < 1.29 is 9.53 Å². The molecule has 1 radical (unpaired) electrons. The fourth-order valence-corrected chi connectivity index (χ4v) is 1.48. The Morgan fingerprint density at radius 3 is 2.50 bits per heavy atom. The van der Waals surface area contributed by atoms with Gasteiger partial charge in [-0.05, 0) is 29.8 Å². The van der Waals surface area contributed by atoms with Crippen molar-refractivity contribution in [1.82, 2.24) is 0 Å². The average molecular weight is 230 g/mol. The van der Waals surface area contributed by atoms with E-state index < -0.39 is 0 Å². The molecule has 0 bridgehead atoms. The van der Waals surface area contributed by atoms with Crippen LogP contribution in [0, 0.1) is 0 Å². The molecule has 14 heavy (non-hydrogen) atoms. The Balaban J connectivity index is 2.66. The molecule has 2 nitrogen and oxygen atoms in total. The Morgan fingerprint density at radius 1 is 1.29 bits per heavy atom. The zero-order valence-electron chi connectivity index (χ0n) is 7.17. The number of hydrogen-bond acceptors (Lipinski definition) is 2. The summed E-state index contributed by atoms with van der Waals surface area (Å²) in [7, 11) is 0. The summed E-state index contributed by atoms with van der Waals surface area (Å²) in [4.78, 5) is 9.70. The molecule has 1 rings (SSSR count). The molecule has 0 aliphatic rings. The summed E-state index contributed by atoms with van der Waals surface area (Å²) in [5, 5.41) is 1.14. The van der Waals surface area contributed by atoms with Crippen LogP contribution in [0.25, 0.3) is 6.08 Å². The van der Waals surface area contributed by atoms with Crippen LogP contribution in [0.5, 0.6) is 0 Å². The molecular weight excluding hydrogens is 223 g/mol. The summed E-state index contributed by atoms with van der Waals surface area (Å²) in [6, 6.07) is 5.17. The maximum absolute atomic E-state index is 9.70. The van der Waals surface area contributed by atoms with Gasteiger partial charge in [-0.2, -0.15) is 0 Å². The molecule has 4 heteroatoms. The normalized spacial score (nSPS) is 10.4. The highest BCUT2D eigenvalue weighted by Crippen LogP contribution is 2.19. The summed E-state index contributed by atoms with van der Waals surface area (Å²) < 4.78 is 4.36. The van der Waals surface area contributed by atoms with Gasteiger partial charge in [-0.1, -0.05) is 29.3 Å². The molecule has 1 aromatic carbocycles. The molecule has 0 aromatic heterocycles. The Morgan fingerprint density at radius 2 is 1.93 bits per heavy atom. The minimum Gasteiger partial charge on any atom is -0.453 e. The number of carbonyl (C=O) groups excluding carboxylic acids is 1. The second-order valence-electron chi connectivity index (χ2n) is 2.50. The summed E-state index contributed by atoms with van der Waals surface area (Å²) in [6.07, 6.45) is 3.43. The second kappa shape index (κ2) is 5.68. The number of benzene rings is 1. The number of ether oxygens (including phenoxy) is 1. The molecule has 0 aliphatic carbocycles. The smallest absolute Gasteiger partial charge is 0.417 e. The highest BCUT2D eigenvalue weighted by molar-refractivity contribution is 6.34. The van der Waals surface area contributed by atoms with Crippen LogP contribution in [-0.4, -0.2) is 13.1 Å². The van der Waals surface area contributed by atoms with Crippen molar-refractivity contribution in [2.45, 2.75) is 0 Å². The van der Waals surface area contributed by atoms with Crippen molar-refractivity contribution in [3.8, 4) is 0 Å². The van der Waals surface area contributed by atoms with Gasteiger partial charge in [0, 0.05) is 10.0 Å². The van der Waals surface area contributed by atoms with Crippen molar-refractivity contribution in [3.63, 3.8) is 0 Å². The van der Waals surface area contributed by atoms with E-state index >= 15 is 0 Å². The first-order valence-electron chi connectivity index (χ1n) is 3.84. The van der Waals surface area contributed by atoms with Gasteiger partial charge >= 0.3 is 6.47 Å². The molecule has 73 valence electrons. The molecule has 0 unspecified atom stereocenters.